The maximum Gasteiger partial charge on any atom is 0.183 e. The fourth-order valence-electron chi connectivity index (χ4n) is 2.09. The number of anilines is 1. The van der Waals surface area contributed by atoms with Crippen LogP contribution < -0.4 is 5.32 Å². The van der Waals surface area contributed by atoms with Gasteiger partial charge in [-0.25, -0.2) is 4.98 Å². The van der Waals surface area contributed by atoms with Crippen molar-refractivity contribution in [3.05, 3.63) is 24.3 Å². The van der Waals surface area contributed by atoms with Crippen LogP contribution in [0.1, 0.15) is 0 Å². The number of hydrogen-bond acceptors (Lipinski definition) is 5. The first kappa shape index (κ1) is 11.9. The number of hydrogen-bond donors (Lipinski definition) is 1. The number of nitrogens with one attached hydrogen (secondary N) is 1. The number of aromatic nitrogens is 1. The van der Waals surface area contributed by atoms with E-state index >= 15 is 0 Å². The maximum atomic E-state index is 5.33. The lowest BCUT2D eigenvalue weighted by atomic mass is 10.3. The van der Waals surface area contributed by atoms with Gasteiger partial charge in [0.15, 0.2) is 5.13 Å². The molecular formula is C13H17N3OS. The fraction of sp³-hybridized carbons (Fsp3) is 0.462. The molecule has 5 heteroatoms. The molecule has 0 spiro atoms. The van der Waals surface area contributed by atoms with E-state index in [1.807, 2.05) is 6.07 Å². The Kier molecular flexibility index (Phi) is 3.73. The van der Waals surface area contributed by atoms with Crippen LogP contribution in [-0.4, -0.2) is 49.3 Å². The summed E-state index contributed by atoms with van der Waals surface area (Å²) in [5.74, 6) is 0. The van der Waals surface area contributed by atoms with E-state index in [0.29, 0.717) is 0 Å². The molecule has 1 fully saturated rings. The zero-order chi connectivity index (χ0) is 12.2. The summed E-state index contributed by atoms with van der Waals surface area (Å²) in [4.78, 5) is 6.98. The second-order valence-electron chi connectivity index (χ2n) is 4.37. The highest BCUT2D eigenvalue weighted by Crippen LogP contribution is 2.24. The predicted octanol–water partition coefficient (Wildman–Crippen LogP) is 2.04. The van der Waals surface area contributed by atoms with Gasteiger partial charge in [0.1, 0.15) is 0 Å². The molecule has 0 unspecified atom stereocenters. The lowest BCUT2D eigenvalue weighted by Crippen LogP contribution is -2.38. The lowest BCUT2D eigenvalue weighted by Gasteiger charge is -2.26. The van der Waals surface area contributed by atoms with Crippen LogP contribution in [0.2, 0.25) is 0 Å². The molecule has 4 nitrogen and oxygen atoms in total. The van der Waals surface area contributed by atoms with Gasteiger partial charge in [-0.15, -0.1) is 0 Å². The number of fused-ring (bicyclic) bond motifs is 1. The van der Waals surface area contributed by atoms with Gasteiger partial charge in [-0.05, 0) is 12.1 Å². The molecule has 0 atom stereocenters. The van der Waals surface area contributed by atoms with Gasteiger partial charge in [-0.3, -0.25) is 4.90 Å². The van der Waals surface area contributed by atoms with Crippen molar-refractivity contribution in [3.63, 3.8) is 0 Å². The zero-order valence-electron chi connectivity index (χ0n) is 10.3. The number of rotatable bonds is 4. The van der Waals surface area contributed by atoms with E-state index in [1.165, 1.54) is 4.70 Å². The summed E-state index contributed by atoms with van der Waals surface area (Å²) >= 11 is 1.72. The summed E-state index contributed by atoms with van der Waals surface area (Å²) < 4.78 is 6.57. The Morgan fingerprint density at radius 1 is 1.28 bits per heavy atom. The van der Waals surface area contributed by atoms with Crippen molar-refractivity contribution in [2.45, 2.75) is 0 Å². The van der Waals surface area contributed by atoms with Gasteiger partial charge in [-0.1, -0.05) is 23.5 Å². The number of thiazole rings is 1. The van der Waals surface area contributed by atoms with Gasteiger partial charge in [0, 0.05) is 26.2 Å². The van der Waals surface area contributed by atoms with E-state index < -0.39 is 0 Å². The van der Waals surface area contributed by atoms with Crippen molar-refractivity contribution in [2.75, 3.05) is 44.7 Å². The molecule has 0 aliphatic carbocycles. The first-order valence-electron chi connectivity index (χ1n) is 6.31. The van der Waals surface area contributed by atoms with Gasteiger partial charge >= 0.3 is 0 Å². The summed E-state index contributed by atoms with van der Waals surface area (Å²) in [6.07, 6.45) is 0. The second kappa shape index (κ2) is 5.65. The smallest absolute Gasteiger partial charge is 0.183 e. The Bertz CT molecular complexity index is 475. The highest BCUT2D eigenvalue weighted by molar-refractivity contribution is 7.22. The molecule has 1 aromatic carbocycles. The largest absolute Gasteiger partial charge is 0.379 e. The Labute approximate surface area is 111 Å². The number of morpholine rings is 1. The van der Waals surface area contributed by atoms with E-state index in [2.05, 4.69) is 33.4 Å². The van der Waals surface area contributed by atoms with Crippen molar-refractivity contribution in [1.29, 1.82) is 0 Å². The average molecular weight is 263 g/mol. The highest BCUT2D eigenvalue weighted by atomic mass is 32.1. The number of benzene rings is 1. The van der Waals surface area contributed by atoms with Gasteiger partial charge in [-0.2, -0.15) is 0 Å². The highest BCUT2D eigenvalue weighted by Gasteiger charge is 2.09. The molecule has 1 aliphatic heterocycles. The standard InChI is InChI=1S/C13H17N3OS/c1-2-4-12-11(3-1)15-13(18-12)14-5-6-16-7-9-17-10-8-16/h1-4H,5-10H2,(H,14,15). The minimum Gasteiger partial charge on any atom is -0.379 e. The number of nitrogens with zero attached hydrogens (tertiary/aromatic N) is 2. The van der Waals surface area contributed by atoms with Crippen molar-refractivity contribution >= 4 is 26.7 Å². The minimum absolute atomic E-state index is 0.862. The van der Waals surface area contributed by atoms with Gasteiger partial charge in [0.25, 0.3) is 0 Å². The molecule has 0 amide bonds. The van der Waals surface area contributed by atoms with E-state index in [4.69, 9.17) is 4.74 Å². The summed E-state index contributed by atoms with van der Waals surface area (Å²) in [5.41, 5.74) is 1.08. The monoisotopic (exact) mass is 263 g/mol. The normalized spacial score (nSPS) is 17.1. The fourth-order valence-corrected chi connectivity index (χ4v) is 2.98. The van der Waals surface area contributed by atoms with Crippen molar-refractivity contribution in [2.24, 2.45) is 0 Å². The van der Waals surface area contributed by atoms with Crippen molar-refractivity contribution in [1.82, 2.24) is 9.88 Å². The van der Waals surface area contributed by atoms with Crippen LogP contribution in [-0.2, 0) is 4.74 Å². The molecule has 0 radical (unpaired) electrons. The van der Waals surface area contributed by atoms with E-state index in [1.54, 1.807) is 11.3 Å². The molecule has 0 bridgehead atoms. The average Bonchev–Trinajstić information content (AvgIpc) is 2.82. The van der Waals surface area contributed by atoms with Crippen LogP contribution in [0.15, 0.2) is 24.3 Å². The van der Waals surface area contributed by atoms with E-state index in [-0.39, 0.29) is 0 Å². The Balaban J connectivity index is 1.53. The van der Waals surface area contributed by atoms with Crippen molar-refractivity contribution < 1.29 is 4.74 Å². The SMILES string of the molecule is c1ccc2sc(NCCN3CCOCC3)nc2c1. The number of para-hydroxylation sites is 1. The molecule has 1 saturated heterocycles. The molecule has 18 heavy (non-hydrogen) atoms. The van der Waals surface area contributed by atoms with E-state index in [9.17, 15) is 0 Å². The van der Waals surface area contributed by atoms with Crippen LogP contribution in [0, 0.1) is 0 Å². The van der Waals surface area contributed by atoms with E-state index in [0.717, 1.165) is 50.0 Å². The van der Waals surface area contributed by atoms with Gasteiger partial charge in [0.05, 0.1) is 23.4 Å². The molecular weight excluding hydrogens is 246 g/mol. The second-order valence-corrected chi connectivity index (χ2v) is 5.40. The molecule has 1 aliphatic rings. The van der Waals surface area contributed by atoms with Crippen LogP contribution in [0.25, 0.3) is 10.2 Å². The van der Waals surface area contributed by atoms with Crippen LogP contribution >= 0.6 is 11.3 Å². The predicted molar refractivity (Wildman–Crippen MR) is 75.4 cm³/mol. The maximum absolute atomic E-state index is 5.33. The summed E-state index contributed by atoms with van der Waals surface area (Å²) in [6.45, 7) is 5.81. The first-order chi connectivity index (χ1) is 8.92. The van der Waals surface area contributed by atoms with Crippen LogP contribution in [0.4, 0.5) is 5.13 Å². The molecule has 2 aromatic rings. The molecule has 96 valence electrons. The topological polar surface area (TPSA) is 37.4 Å². The Morgan fingerprint density at radius 2 is 2.11 bits per heavy atom. The van der Waals surface area contributed by atoms with Crippen LogP contribution in [0.5, 0.6) is 0 Å². The molecule has 3 rings (SSSR count). The third-order valence-electron chi connectivity index (χ3n) is 3.10. The molecule has 1 aromatic heterocycles. The molecule has 2 heterocycles. The molecule has 1 N–H and O–H groups in total. The van der Waals surface area contributed by atoms with Crippen molar-refractivity contribution in [3.8, 4) is 0 Å². The molecule has 0 saturated carbocycles. The summed E-state index contributed by atoms with van der Waals surface area (Å²) in [5, 5.41) is 4.42. The Hall–Kier alpha value is -1.17. The zero-order valence-corrected chi connectivity index (χ0v) is 11.1. The Morgan fingerprint density at radius 3 is 2.94 bits per heavy atom. The van der Waals surface area contributed by atoms with Gasteiger partial charge in [0.2, 0.25) is 0 Å². The summed E-state index contributed by atoms with van der Waals surface area (Å²) in [6, 6.07) is 8.25. The lowest BCUT2D eigenvalue weighted by molar-refractivity contribution is 0.0398. The minimum atomic E-state index is 0.862. The number of ether oxygens (including phenoxy) is 1. The van der Waals surface area contributed by atoms with Crippen LogP contribution in [0.3, 0.4) is 0 Å². The third-order valence-corrected chi connectivity index (χ3v) is 4.10. The first-order valence-corrected chi connectivity index (χ1v) is 7.13. The third kappa shape index (κ3) is 2.80. The quantitative estimate of drug-likeness (QED) is 0.916. The van der Waals surface area contributed by atoms with Gasteiger partial charge < -0.3 is 10.1 Å². The summed E-state index contributed by atoms with van der Waals surface area (Å²) in [7, 11) is 0.